The summed E-state index contributed by atoms with van der Waals surface area (Å²) in [5.74, 6) is -0.405. The van der Waals surface area contributed by atoms with Crippen LogP contribution in [0.15, 0.2) is 32.5 Å². The molecule has 31 heavy (non-hydrogen) atoms. The normalized spacial score (nSPS) is 11.6. The van der Waals surface area contributed by atoms with Gasteiger partial charge in [-0.3, -0.25) is 9.69 Å². The number of amidine groups is 1. The first kappa shape index (κ1) is 24.1. The molecule has 2 aromatic rings. The van der Waals surface area contributed by atoms with Crippen molar-refractivity contribution in [3.05, 3.63) is 34.2 Å². The molecule has 0 atom stereocenters. The molecule has 1 aromatic carbocycles. The number of alkyl carbamates (subject to hydrolysis) is 1. The summed E-state index contributed by atoms with van der Waals surface area (Å²) in [7, 11) is 1.29. The van der Waals surface area contributed by atoms with Gasteiger partial charge in [-0.1, -0.05) is 5.16 Å². The fraction of sp³-hybridized carbons (Fsp3) is 0.389. The Hall–Kier alpha value is -3.22. The number of carbonyl (C=O) groups is 2. The van der Waals surface area contributed by atoms with Crippen molar-refractivity contribution in [2.75, 3.05) is 30.4 Å². The van der Waals surface area contributed by atoms with Gasteiger partial charge < -0.3 is 20.2 Å². The van der Waals surface area contributed by atoms with Crippen LogP contribution in [0.2, 0.25) is 0 Å². The number of nitrogens with one attached hydrogen (secondary N) is 2. The van der Waals surface area contributed by atoms with Crippen molar-refractivity contribution in [2.45, 2.75) is 26.4 Å². The molecule has 0 fully saturated rings. The second-order valence-electron chi connectivity index (χ2n) is 6.99. The number of benzene rings is 1. The molecule has 0 aliphatic rings. The van der Waals surface area contributed by atoms with E-state index in [0.717, 1.165) is 4.90 Å². The first-order valence-electron chi connectivity index (χ1n) is 9.00. The van der Waals surface area contributed by atoms with Crippen LogP contribution in [0.5, 0.6) is 0 Å². The van der Waals surface area contributed by atoms with Gasteiger partial charge in [0.25, 0.3) is 0 Å². The molecule has 1 heterocycles. The lowest BCUT2D eigenvalue weighted by Crippen LogP contribution is -2.35. The third-order valence-electron chi connectivity index (χ3n) is 3.48. The molecule has 0 aliphatic carbocycles. The number of anilines is 2. The highest BCUT2D eigenvalue weighted by molar-refractivity contribution is 9.10. The van der Waals surface area contributed by atoms with Gasteiger partial charge in [0.1, 0.15) is 18.5 Å². The molecule has 0 saturated carbocycles. The van der Waals surface area contributed by atoms with Crippen LogP contribution in [-0.2, 0) is 14.4 Å². The quantitative estimate of drug-likeness (QED) is 0.186. The van der Waals surface area contributed by atoms with E-state index in [0.29, 0.717) is 12.1 Å². The molecule has 0 bridgehead atoms. The smallest absolute Gasteiger partial charge is 0.407 e. The van der Waals surface area contributed by atoms with E-state index in [1.807, 2.05) is 0 Å². The van der Waals surface area contributed by atoms with E-state index in [4.69, 9.17) is 14.2 Å². The maximum Gasteiger partial charge on any atom is 0.407 e. The van der Waals surface area contributed by atoms with Crippen molar-refractivity contribution in [1.82, 2.24) is 15.6 Å². The summed E-state index contributed by atoms with van der Waals surface area (Å²) < 4.78 is 23.6. The highest BCUT2D eigenvalue weighted by Crippen LogP contribution is 2.25. The van der Waals surface area contributed by atoms with Gasteiger partial charge in [0.05, 0.1) is 10.2 Å². The molecule has 2 rings (SSSR count). The summed E-state index contributed by atoms with van der Waals surface area (Å²) in [6.45, 7) is 5.72. The molecule has 2 amide bonds. The molecule has 168 valence electrons. The van der Waals surface area contributed by atoms with E-state index in [9.17, 15) is 14.0 Å². The Morgan fingerprint density at radius 1 is 1.35 bits per heavy atom. The molecular weight excluding hydrogens is 479 g/mol. The number of rotatable bonds is 8. The number of hydrogen-bond donors (Lipinski definition) is 2. The molecule has 0 aliphatic heterocycles. The molecule has 0 radical (unpaired) electrons. The van der Waals surface area contributed by atoms with Crippen molar-refractivity contribution in [3.63, 3.8) is 0 Å². The fourth-order valence-corrected chi connectivity index (χ4v) is 2.63. The summed E-state index contributed by atoms with van der Waals surface area (Å²) in [4.78, 5) is 29.4. The summed E-state index contributed by atoms with van der Waals surface area (Å²) in [6.07, 6.45) is -0.108. The molecular formula is C18H22BrFN6O5. The van der Waals surface area contributed by atoms with E-state index in [1.165, 1.54) is 25.3 Å². The van der Waals surface area contributed by atoms with Crippen molar-refractivity contribution in [2.24, 2.45) is 5.16 Å². The SMILES string of the molecule is CO/N=C(/c1nonc1NCCNC(=O)OC(C)(C)C)N(C=O)c1ccc(F)c(Br)c1. The summed E-state index contributed by atoms with van der Waals surface area (Å²) >= 11 is 3.07. The summed E-state index contributed by atoms with van der Waals surface area (Å²) in [5.41, 5.74) is -0.258. The zero-order valence-corrected chi connectivity index (χ0v) is 18.9. The number of oxime groups is 1. The minimum atomic E-state index is -0.611. The van der Waals surface area contributed by atoms with Gasteiger partial charge in [-0.05, 0) is 65.2 Å². The average molecular weight is 501 g/mol. The van der Waals surface area contributed by atoms with Gasteiger partial charge in [-0.15, -0.1) is 0 Å². The predicted octanol–water partition coefficient (Wildman–Crippen LogP) is 2.88. The topological polar surface area (TPSA) is 131 Å². The van der Waals surface area contributed by atoms with Crippen LogP contribution in [0, 0.1) is 5.82 Å². The second kappa shape index (κ2) is 10.7. The van der Waals surface area contributed by atoms with Crippen molar-refractivity contribution >= 4 is 45.8 Å². The van der Waals surface area contributed by atoms with Crippen molar-refractivity contribution in [3.8, 4) is 0 Å². The zero-order valence-electron chi connectivity index (χ0n) is 17.3. The number of nitrogens with zero attached hydrogens (tertiary/aromatic N) is 4. The Kier molecular flexibility index (Phi) is 8.30. The van der Waals surface area contributed by atoms with Crippen LogP contribution in [0.3, 0.4) is 0 Å². The first-order chi connectivity index (χ1) is 14.7. The summed E-state index contributed by atoms with van der Waals surface area (Å²) in [5, 5.41) is 16.9. The highest BCUT2D eigenvalue weighted by Gasteiger charge is 2.25. The van der Waals surface area contributed by atoms with Gasteiger partial charge in [0, 0.05) is 13.1 Å². The molecule has 13 heteroatoms. The van der Waals surface area contributed by atoms with Gasteiger partial charge in [-0.25, -0.2) is 13.8 Å². The minimum absolute atomic E-state index is 0.0557. The number of aromatic nitrogens is 2. The van der Waals surface area contributed by atoms with Crippen LogP contribution in [0.25, 0.3) is 0 Å². The molecule has 2 N–H and O–H groups in total. The maximum absolute atomic E-state index is 13.6. The second-order valence-corrected chi connectivity index (χ2v) is 7.84. The van der Waals surface area contributed by atoms with Gasteiger partial charge in [-0.2, -0.15) is 0 Å². The van der Waals surface area contributed by atoms with Crippen LogP contribution < -0.4 is 15.5 Å². The monoisotopic (exact) mass is 500 g/mol. The van der Waals surface area contributed by atoms with Crippen LogP contribution in [0.1, 0.15) is 26.5 Å². The molecule has 11 nitrogen and oxygen atoms in total. The van der Waals surface area contributed by atoms with Crippen LogP contribution in [0.4, 0.5) is 20.7 Å². The van der Waals surface area contributed by atoms with Crippen LogP contribution >= 0.6 is 15.9 Å². The largest absolute Gasteiger partial charge is 0.444 e. The lowest BCUT2D eigenvalue weighted by molar-refractivity contribution is -0.106. The van der Waals surface area contributed by atoms with Crippen molar-refractivity contribution < 1.29 is 28.2 Å². The minimum Gasteiger partial charge on any atom is -0.444 e. The Balaban J connectivity index is 2.14. The van der Waals surface area contributed by atoms with Crippen molar-refractivity contribution in [1.29, 1.82) is 0 Å². The van der Waals surface area contributed by atoms with Gasteiger partial charge in [0.2, 0.25) is 18.1 Å². The fourth-order valence-electron chi connectivity index (χ4n) is 2.27. The maximum atomic E-state index is 13.6. The van der Waals surface area contributed by atoms with E-state index in [2.05, 4.69) is 42.0 Å². The Labute approximate surface area is 186 Å². The standard InChI is InChI=1S/C18H22BrFN6O5/c1-18(2,3)30-17(28)22-8-7-21-15-14(23-31-24-15)16(25-29-4)26(10-27)11-5-6-13(20)12(19)9-11/h5-6,9-10H,7-8H2,1-4H3,(H,21,24)(H,22,28)/b25-16-. The third kappa shape index (κ3) is 6.91. The van der Waals surface area contributed by atoms with Gasteiger partial charge >= 0.3 is 6.09 Å². The number of hydrogen-bond acceptors (Lipinski definition) is 9. The lowest BCUT2D eigenvalue weighted by Gasteiger charge is -2.20. The Bertz CT molecular complexity index is 946. The van der Waals surface area contributed by atoms with E-state index < -0.39 is 17.5 Å². The Morgan fingerprint density at radius 2 is 2.10 bits per heavy atom. The average Bonchev–Trinajstić information content (AvgIpc) is 3.14. The first-order valence-corrected chi connectivity index (χ1v) is 9.80. The Morgan fingerprint density at radius 3 is 2.71 bits per heavy atom. The third-order valence-corrected chi connectivity index (χ3v) is 4.09. The summed E-state index contributed by atoms with van der Waals surface area (Å²) in [6, 6.07) is 3.95. The van der Waals surface area contributed by atoms with E-state index in [1.54, 1.807) is 20.8 Å². The highest BCUT2D eigenvalue weighted by atomic mass is 79.9. The van der Waals surface area contributed by atoms with E-state index >= 15 is 0 Å². The number of carbonyl (C=O) groups excluding carboxylic acids is 2. The zero-order chi connectivity index (χ0) is 23.0. The molecule has 0 saturated heterocycles. The molecule has 1 aromatic heterocycles. The van der Waals surface area contributed by atoms with Crippen LogP contribution in [-0.4, -0.2) is 54.5 Å². The molecule has 0 unspecified atom stereocenters. The number of halogens is 2. The van der Waals surface area contributed by atoms with Gasteiger partial charge in [0.15, 0.2) is 5.69 Å². The predicted molar refractivity (Wildman–Crippen MR) is 113 cm³/mol. The van der Waals surface area contributed by atoms with E-state index in [-0.39, 0.29) is 34.9 Å². The molecule has 0 spiro atoms. The number of ether oxygens (including phenoxy) is 1. The lowest BCUT2D eigenvalue weighted by atomic mass is 10.2. The number of amides is 2.